The highest BCUT2D eigenvalue weighted by Gasteiger charge is 2.16. The molecule has 0 aromatic heterocycles. The van der Waals surface area contributed by atoms with Gasteiger partial charge in [0.15, 0.2) is 5.78 Å². The first-order valence-corrected chi connectivity index (χ1v) is 6.58. The molecule has 0 fully saturated rings. The lowest BCUT2D eigenvalue weighted by Gasteiger charge is -2.05. The molecule has 1 aromatic carbocycles. The minimum Gasteiger partial charge on any atom is -0.293 e. The molecule has 5 heteroatoms. The minimum atomic E-state index is -0.426. The molecule has 1 atom stereocenters. The highest BCUT2D eigenvalue weighted by molar-refractivity contribution is 9.12. The normalized spacial score (nSPS) is 12.6. The molecular formula is C9H6Br3FO. The zero-order valence-electron chi connectivity index (χ0n) is 6.94. The van der Waals surface area contributed by atoms with Crippen LogP contribution >= 0.6 is 47.8 Å². The Labute approximate surface area is 106 Å². The monoisotopic (exact) mass is 386 g/mol. The van der Waals surface area contributed by atoms with E-state index in [1.807, 2.05) is 0 Å². The van der Waals surface area contributed by atoms with E-state index in [-0.39, 0.29) is 10.6 Å². The summed E-state index contributed by atoms with van der Waals surface area (Å²) in [6.45, 7) is 0. The molecule has 0 amide bonds. The Bertz CT molecular complexity index is 354. The largest absolute Gasteiger partial charge is 0.293 e. The maximum atomic E-state index is 13.1. The number of benzene rings is 1. The molecule has 0 saturated heterocycles. The van der Waals surface area contributed by atoms with Gasteiger partial charge in [0.05, 0.1) is 9.30 Å². The highest BCUT2D eigenvalue weighted by atomic mass is 79.9. The number of ketones is 1. The van der Waals surface area contributed by atoms with E-state index < -0.39 is 5.82 Å². The second kappa shape index (κ2) is 5.37. The zero-order valence-corrected chi connectivity index (χ0v) is 11.7. The number of alkyl halides is 2. The van der Waals surface area contributed by atoms with Gasteiger partial charge in [-0.25, -0.2) is 4.39 Å². The topological polar surface area (TPSA) is 17.1 Å². The molecule has 0 bridgehead atoms. The molecule has 0 spiro atoms. The van der Waals surface area contributed by atoms with Crippen LogP contribution in [0, 0.1) is 5.82 Å². The van der Waals surface area contributed by atoms with Gasteiger partial charge in [0.1, 0.15) is 5.82 Å². The van der Waals surface area contributed by atoms with Gasteiger partial charge in [-0.1, -0.05) is 37.9 Å². The number of hydrogen-bond acceptors (Lipinski definition) is 1. The third-order valence-electron chi connectivity index (χ3n) is 1.62. The summed E-state index contributed by atoms with van der Waals surface area (Å²) in [7, 11) is 0. The average molecular weight is 389 g/mol. The molecule has 1 nitrogen and oxygen atoms in total. The molecule has 0 aliphatic rings. The Hall–Kier alpha value is 0.260. The molecule has 76 valence electrons. The second-order valence-electron chi connectivity index (χ2n) is 2.61. The first-order valence-electron chi connectivity index (χ1n) is 3.75. The number of Topliss-reactive ketones (excluding diaryl/α,β-unsaturated/α-hetero) is 1. The summed E-state index contributed by atoms with van der Waals surface area (Å²) in [5.41, 5.74) is 0.368. The van der Waals surface area contributed by atoms with E-state index in [1.165, 1.54) is 12.1 Å². The molecule has 0 N–H and O–H groups in total. The first kappa shape index (κ1) is 12.3. The Morgan fingerprint density at radius 1 is 1.50 bits per heavy atom. The van der Waals surface area contributed by atoms with Crippen LogP contribution in [0.5, 0.6) is 0 Å². The van der Waals surface area contributed by atoms with E-state index in [4.69, 9.17) is 0 Å². The molecule has 14 heavy (non-hydrogen) atoms. The number of hydrogen-bond donors (Lipinski definition) is 0. The van der Waals surface area contributed by atoms with Crippen molar-refractivity contribution in [3.05, 3.63) is 34.1 Å². The third kappa shape index (κ3) is 2.87. The summed E-state index contributed by atoms with van der Waals surface area (Å²) in [4.78, 5) is 11.3. The van der Waals surface area contributed by atoms with E-state index in [0.717, 1.165) is 0 Å². The van der Waals surface area contributed by atoms with Gasteiger partial charge in [-0.15, -0.1) is 0 Å². The van der Waals surface area contributed by atoms with Crippen LogP contribution in [0.25, 0.3) is 0 Å². The quantitative estimate of drug-likeness (QED) is 0.566. The molecule has 0 radical (unpaired) electrons. The molecule has 1 rings (SSSR count). The average Bonchev–Trinajstić information content (AvgIpc) is 2.20. The van der Waals surface area contributed by atoms with Gasteiger partial charge in [0, 0.05) is 10.9 Å². The van der Waals surface area contributed by atoms with E-state index in [0.29, 0.717) is 15.4 Å². The zero-order chi connectivity index (χ0) is 10.7. The maximum Gasteiger partial charge on any atom is 0.177 e. The number of rotatable bonds is 3. The van der Waals surface area contributed by atoms with Gasteiger partial charge in [0.25, 0.3) is 0 Å². The summed E-state index contributed by atoms with van der Waals surface area (Å²) in [5.74, 6) is -0.557. The smallest absolute Gasteiger partial charge is 0.177 e. The lowest BCUT2D eigenvalue weighted by molar-refractivity contribution is 0.0997. The van der Waals surface area contributed by atoms with Crippen LogP contribution in [0.15, 0.2) is 22.7 Å². The van der Waals surface area contributed by atoms with E-state index in [9.17, 15) is 9.18 Å². The summed E-state index contributed by atoms with van der Waals surface area (Å²) in [6, 6.07) is 4.34. The molecular weight excluding hydrogens is 383 g/mol. The van der Waals surface area contributed by atoms with E-state index in [2.05, 4.69) is 47.8 Å². The van der Waals surface area contributed by atoms with Gasteiger partial charge >= 0.3 is 0 Å². The van der Waals surface area contributed by atoms with Crippen LogP contribution in [0.4, 0.5) is 4.39 Å². The number of carbonyl (C=O) groups excluding carboxylic acids is 1. The van der Waals surface area contributed by atoms with E-state index >= 15 is 0 Å². The van der Waals surface area contributed by atoms with Gasteiger partial charge in [-0.3, -0.25) is 4.79 Å². The third-order valence-corrected chi connectivity index (χ3v) is 4.52. The van der Waals surface area contributed by atoms with Gasteiger partial charge in [-0.05, 0) is 28.1 Å². The van der Waals surface area contributed by atoms with Crippen LogP contribution in [0.1, 0.15) is 10.4 Å². The SMILES string of the molecule is O=C(c1ccc(Br)c(F)c1)C(Br)CBr. The Kier molecular flexibility index (Phi) is 4.73. The Morgan fingerprint density at radius 3 is 2.64 bits per heavy atom. The van der Waals surface area contributed by atoms with Crippen molar-refractivity contribution in [2.75, 3.05) is 5.33 Å². The van der Waals surface area contributed by atoms with Gasteiger partial charge < -0.3 is 0 Å². The molecule has 1 unspecified atom stereocenters. The summed E-state index contributed by atoms with van der Waals surface area (Å²) >= 11 is 9.39. The number of carbonyl (C=O) groups is 1. The molecule has 0 aliphatic heterocycles. The van der Waals surface area contributed by atoms with Crippen LogP contribution in [0.3, 0.4) is 0 Å². The van der Waals surface area contributed by atoms with Crippen molar-refractivity contribution in [3.8, 4) is 0 Å². The van der Waals surface area contributed by atoms with Crippen molar-refractivity contribution in [2.45, 2.75) is 4.83 Å². The Morgan fingerprint density at radius 2 is 2.14 bits per heavy atom. The summed E-state index contributed by atoms with van der Waals surface area (Å²) in [6.07, 6.45) is 0. The molecule has 1 aromatic rings. The van der Waals surface area contributed by atoms with Crippen molar-refractivity contribution in [1.82, 2.24) is 0 Å². The van der Waals surface area contributed by atoms with Crippen molar-refractivity contribution in [2.24, 2.45) is 0 Å². The fourth-order valence-corrected chi connectivity index (χ4v) is 1.71. The van der Waals surface area contributed by atoms with Crippen molar-refractivity contribution in [1.29, 1.82) is 0 Å². The van der Waals surface area contributed by atoms with Crippen LogP contribution in [-0.2, 0) is 0 Å². The highest BCUT2D eigenvalue weighted by Crippen LogP contribution is 2.19. The van der Waals surface area contributed by atoms with Crippen molar-refractivity contribution >= 4 is 53.6 Å². The van der Waals surface area contributed by atoms with E-state index in [1.54, 1.807) is 6.07 Å². The van der Waals surface area contributed by atoms with Gasteiger partial charge in [-0.2, -0.15) is 0 Å². The van der Waals surface area contributed by atoms with Crippen LogP contribution < -0.4 is 0 Å². The van der Waals surface area contributed by atoms with Crippen molar-refractivity contribution < 1.29 is 9.18 Å². The molecule has 0 saturated carbocycles. The summed E-state index contributed by atoms with van der Waals surface area (Å²) in [5, 5.41) is 0.503. The standard InChI is InChI=1S/C9H6Br3FO/c10-4-7(12)9(14)5-1-2-6(11)8(13)3-5/h1-3,7H,4H2. The van der Waals surface area contributed by atoms with Gasteiger partial charge in [0.2, 0.25) is 0 Å². The fourth-order valence-electron chi connectivity index (χ4n) is 0.900. The summed E-state index contributed by atoms with van der Waals surface area (Å²) < 4.78 is 13.4. The number of halogens is 4. The van der Waals surface area contributed by atoms with Crippen LogP contribution in [0.2, 0.25) is 0 Å². The predicted molar refractivity (Wildman–Crippen MR) is 64.9 cm³/mol. The lowest BCUT2D eigenvalue weighted by atomic mass is 10.1. The molecule has 0 heterocycles. The fraction of sp³-hybridized carbons (Fsp3) is 0.222. The maximum absolute atomic E-state index is 13.1. The predicted octanol–water partition coefficient (Wildman–Crippen LogP) is 3.93. The molecule has 0 aliphatic carbocycles. The Balaban J connectivity index is 2.97. The minimum absolute atomic E-state index is 0.131. The second-order valence-corrected chi connectivity index (χ2v) is 5.22. The van der Waals surface area contributed by atoms with Crippen molar-refractivity contribution in [3.63, 3.8) is 0 Å². The van der Waals surface area contributed by atoms with Crippen LogP contribution in [-0.4, -0.2) is 15.9 Å². The first-order chi connectivity index (χ1) is 6.56. The lowest BCUT2D eigenvalue weighted by Crippen LogP contribution is -2.15.